The van der Waals surface area contributed by atoms with Gasteiger partial charge in [-0.1, -0.05) is 0 Å². The summed E-state index contributed by atoms with van der Waals surface area (Å²) < 4.78 is 12.3. The minimum absolute atomic E-state index is 0.566. The van der Waals surface area contributed by atoms with Gasteiger partial charge in [0.25, 0.3) is 0 Å². The van der Waals surface area contributed by atoms with Gasteiger partial charge >= 0.3 is 0 Å². The van der Waals surface area contributed by atoms with E-state index in [-0.39, 0.29) is 0 Å². The highest BCUT2D eigenvalue weighted by Gasteiger charge is 2.11. The molecule has 21 heavy (non-hydrogen) atoms. The maximum absolute atomic E-state index is 5.46. The first-order valence-electron chi connectivity index (χ1n) is 6.30. The van der Waals surface area contributed by atoms with Crippen molar-refractivity contribution in [1.29, 1.82) is 0 Å². The Morgan fingerprint density at radius 3 is 2.67 bits per heavy atom. The van der Waals surface area contributed by atoms with E-state index in [0.29, 0.717) is 17.3 Å². The van der Waals surface area contributed by atoms with Crippen molar-refractivity contribution < 1.29 is 9.47 Å². The molecule has 2 heterocycles. The van der Waals surface area contributed by atoms with E-state index in [4.69, 9.17) is 15.3 Å². The highest BCUT2D eigenvalue weighted by molar-refractivity contribution is 5.75. The van der Waals surface area contributed by atoms with Crippen LogP contribution in [0.2, 0.25) is 0 Å². The van der Waals surface area contributed by atoms with Crippen molar-refractivity contribution in [2.45, 2.75) is 0 Å². The highest BCUT2D eigenvalue weighted by atomic mass is 16.5. The largest absolute Gasteiger partial charge is 0.493 e. The zero-order valence-corrected chi connectivity index (χ0v) is 11.7. The molecule has 0 bridgehead atoms. The van der Waals surface area contributed by atoms with Crippen molar-refractivity contribution in [3.63, 3.8) is 0 Å². The third-order valence-electron chi connectivity index (χ3n) is 3.21. The predicted octanol–water partition coefficient (Wildman–Crippen LogP) is 1.70. The summed E-state index contributed by atoms with van der Waals surface area (Å²) in [4.78, 5) is 4.15. The van der Waals surface area contributed by atoms with Crippen LogP contribution in [0.15, 0.2) is 36.7 Å². The molecule has 0 aliphatic heterocycles. The first kappa shape index (κ1) is 13.2. The van der Waals surface area contributed by atoms with Gasteiger partial charge in [0.2, 0.25) is 0 Å². The van der Waals surface area contributed by atoms with Crippen molar-refractivity contribution in [3.8, 4) is 22.8 Å². The van der Waals surface area contributed by atoms with E-state index in [1.807, 2.05) is 24.3 Å². The molecule has 3 N–H and O–H groups in total. The fourth-order valence-corrected chi connectivity index (χ4v) is 2.17. The smallest absolute Gasteiger partial charge is 0.166 e. The number of rotatable bonds is 4. The number of methoxy groups -OCH3 is 2. The van der Waals surface area contributed by atoms with E-state index >= 15 is 0 Å². The van der Waals surface area contributed by atoms with Gasteiger partial charge < -0.3 is 14.9 Å². The molecule has 0 amide bonds. The molecule has 3 aromatic rings. The average Bonchev–Trinajstić information content (AvgIpc) is 2.98. The Labute approximate surface area is 121 Å². The average molecular weight is 285 g/mol. The lowest BCUT2D eigenvalue weighted by Crippen LogP contribution is -2.09. The first-order valence-corrected chi connectivity index (χ1v) is 6.30. The van der Waals surface area contributed by atoms with Gasteiger partial charge in [-0.05, 0) is 24.3 Å². The Bertz CT molecular complexity index is 784. The highest BCUT2D eigenvalue weighted by Crippen LogP contribution is 2.32. The molecule has 7 nitrogen and oxygen atoms in total. The van der Waals surface area contributed by atoms with Gasteiger partial charge in [-0.25, -0.2) is 15.3 Å². The lowest BCUT2D eigenvalue weighted by molar-refractivity contribution is 0.355. The summed E-state index contributed by atoms with van der Waals surface area (Å²) in [6.45, 7) is 0. The number of hydrogen-bond acceptors (Lipinski definition) is 6. The molecule has 108 valence electrons. The van der Waals surface area contributed by atoms with Gasteiger partial charge in [-0.15, -0.1) is 0 Å². The van der Waals surface area contributed by atoms with Crippen molar-refractivity contribution >= 4 is 11.3 Å². The summed E-state index contributed by atoms with van der Waals surface area (Å²) >= 11 is 0. The van der Waals surface area contributed by atoms with Crippen LogP contribution in [0.25, 0.3) is 16.8 Å². The monoisotopic (exact) mass is 285 g/mol. The Morgan fingerprint density at radius 2 is 1.95 bits per heavy atom. The summed E-state index contributed by atoms with van der Waals surface area (Å²) in [6.07, 6.45) is 3.40. The molecule has 0 saturated carbocycles. The van der Waals surface area contributed by atoms with Crippen LogP contribution >= 0.6 is 0 Å². The van der Waals surface area contributed by atoms with Crippen LogP contribution in [0.4, 0.5) is 5.82 Å². The minimum atomic E-state index is 0.566. The number of benzene rings is 1. The van der Waals surface area contributed by atoms with E-state index in [2.05, 4.69) is 15.5 Å². The molecule has 0 spiro atoms. The van der Waals surface area contributed by atoms with E-state index in [1.54, 1.807) is 31.1 Å². The zero-order chi connectivity index (χ0) is 14.8. The first-order chi connectivity index (χ1) is 10.3. The maximum Gasteiger partial charge on any atom is 0.166 e. The second-order valence-corrected chi connectivity index (χ2v) is 4.35. The van der Waals surface area contributed by atoms with E-state index in [9.17, 15) is 0 Å². The third kappa shape index (κ3) is 2.23. The summed E-state index contributed by atoms with van der Waals surface area (Å²) in [7, 11) is 3.21. The standard InChI is InChI=1S/C14H15N5O2/c1-20-12-4-3-9(7-13(12)21-2)10-8-11-14(17-15)16-5-6-19(11)18-10/h3-8H,15H2,1-2H3,(H,16,17). The lowest BCUT2D eigenvalue weighted by atomic mass is 10.1. The molecule has 0 radical (unpaired) electrons. The van der Waals surface area contributed by atoms with Crippen LogP contribution in [0.1, 0.15) is 0 Å². The second kappa shape index (κ2) is 5.29. The second-order valence-electron chi connectivity index (χ2n) is 4.35. The number of ether oxygens (including phenoxy) is 2. The maximum atomic E-state index is 5.46. The molecule has 0 unspecified atom stereocenters. The van der Waals surface area contributed by atoms with Gasteiger partial charge in [-0.2, -0.15) is 5.10 Å². The lowest BCUT2D eigenvalue weighted by Gasteiger charge is -2.08. The number of nitrogen functional groups attached to an aromatic ring is 1. The Balaban J connectivity index is 2.12. The molecule has 7 heteroatoms. The number of anilines is 1. The normalized spacial score (nSPS) is 10.6. The summed E-state index contributed by atoms with van der Waals surface area (Å²) in [5.41, 5.74) is 5.06. The quantitative estimate of drug-likeness (QED) is 0.560. The molecule has 0 saturated heterocycles. The number of fused-ring (bicyclic) bond motifs is 1. The predicted molar refractivity (Wildman–Crippen MR) is 79.3 cm³/mol. The van der Waals surface area contributed by atoms with Crippen LogP contribution in [0, 0.1) is 0 Å². The molecule has 0 aliphatic carbocycles. The van der Waals surface area contributed by atoms with Crippen molar-refractivity contribution in [3.05, 3.63) is 36.7 Å². The molecule has 2 aromatic heterocycles. The van der Waals surface area contributed by atoms with Gasteiger partial charge in [-0.3, -0.25) is 0 Å². The number of nitrogens with one attached hydrogen (secondary N) is 1. The number of nitrogens with two attached hydrogens (primary N) is 1. The molecule has 1 aromatic carbocycles. The third-order valence-corrected chi connectivity index (χ3v) is 3.21. The van der Waals surface area contributed by atoms with E-state index in [0.717, 1.165) is 16.8 Å². The minimum Gasteiger partial charge on any atom is -0.493 e. The van der Waals surface area contributed by atoms with Crippen LogP contribution in [0.3, 0.4) is 0 Å². The molecule has 0 aliphatic rings. The number of hydrogen-bond donors (Lipinski definition) is 2. The van der Waals surface area contributed by atoms with Crippen molar-refractivity contribution in [1.82, 2.24) is 14.6 Å². The SMILES string of the molecule is COc1ccc(-c2cc3c(NN)nccn3n2)cc1OC. The van der Waals surface area contributed by atoms with Crippen LogP contribution in [0.5, 0.6) is 11.5 Å². The van der Waals surface area contributed by atoms with Crippen molar-refractivity contribution in [2.75, 3.05) is 19.6 Å². The number of hydrazine groups is 1. The summed E-state index contributed by atoms with van der Waals surface area (Å²) in [5, 5.41) is 4.51. The molecular weight excluding hydrogens is 270 g/mol. The Kier molecular flexibility index (Phi) is 3.33. The van der Waals surface area contributed by atoms with Gasteiger partial charge in [0.15, 0.2) is 17.3 Å². The van der Waals surface area contributed by atoms with E-state index < -0.39 is 0 Å². The summed E-state index contributed by atoms with van der Waals surface area (Å²) in [5.74, 6) is 7.36. The van der Waals surface area contributed by atoms with Crippen LogP contribution in [-0.4, -0.2) is 28.8 Å². The molecule has 3 rings (SSSR count). The molecule has 0 atom stereocenters. The fraction of sp³-hybridized carbons (Fsp3) is 0.143. The zero-order valence-electron chi connectivity index (χ0n) is 11.7. The number of aromatic nitrogens is 3. The fourth-order valence-electron chi connectivity index (χ4n) is 2.17. The van der Waals surface area contributed by atoms with Crippen LogP contribution < -0.4 is 20.7 Å². The van der Waals surface area contributed by atoms with Crippen molar-refractivity contribution in [2.24, 2.45) is 5.84 Å². The Hall–Kier alpha value is -2.80. The van der Waals surface area contributed by atoms with Gasteiger partial charge in [0, 0.05) is 18.0 Å². The summed E-state index contributed by atoms with van der Waals surface area (Å²) in [6, 6.07) is 7.55. The van der Waals surface area contributed by atoms with Gasteiger partial charge in [0.1, 0.15) is 5.52 Å². The topological polar surface area (TPSA) is 86.7 Å². The van der Waals surface area contributed by atoms with Crippen LogP contribution in [-0.2, 0) is 0 Å². The van der Waals surface area contributed by atoms with Gasteiger partial charge in [0.05, 0.1) is 19.9 Å². The number of nitrogens with zero attached hydrogens (tertiary/aromatic N) is 3. The van der Waals surface area contributed by atoms with E-state index in [1.165, 1.54) is 0 Å². The molecular formula is C14H15N5O2. The Morgan fingerprint density at radius 1 is 1.14 bits per heavy atom. The molecule has 0 fully saturated rings.